The van der Waals surface area contributed by atoms with Gasteiger partial charge >= 0.3 is 0 Å². The molecule has 0 saturated carbocycles. The van der Waals surface area contributed by atoms with E-state index in [1.807, 2.05) is 7.05 Å². The molecule has 0 atom stereocenters. The summed E-state index contributed by atoms with van der Waals surface area (Å²) in [5.74, 6) is -0.752. The molecule has 6 heteroatoms. The van der Waals surface area contributed by atoms with Crippen LogP contribution in [0.4, 0.5) is 4.39 Å². The minimum Gasteiger partial charge on any atom is -0.352 e. The van der Waals surface area contributed by atoms with Crippen molar-refractivity contribution in [3.8, 4) is 0 Å². The van der Waals surface area contributed by atoms with Crippen LogP contribution in [0, 0.1) is 5.82 Å². The highest BCUT2D eigenvalue weighted by Gasteiger charge is 2.20. The van der Waals surface area contributed by atoms with Crippen molar-refractivity contribution in [2.45, 2.75) is 13.0 Å². The molecule has 0 aliphatic carbocycles. The largest absolute Gasteiger partial charge is 0.352 e. The summed E-state index contributed by atoms with van der Waals surface area (Å²) < 4.78 is 12.8. The van der Waals surface area contributed by atoms with Gasteiger partial charge in [0.1, 0.15) is 12.2 Å². The number of nitrogens with one attached hydrogen (secondary N) is 1. The second-order valence-corrected chi connectivity index (χ2v) is 5.26. The molecule has 0 spiro atoms. The Morgan fingerprint density at radius 3 is 2.38 bits per heavy atom. The van der Waals surface area contributed by atoms with E-state index < -0.39 is 0 Å². The van der Waals surface area contributed by atoms with Crippen molar-refractivity contribution in [2.24, 2.45) is 0 Å². The molecule has 21 heavy (non-hydrogen) atoms. The lowest BCUT2D eigenvalue weighted by molar-refractivity contribution is -0.137. The second-order valence-electron chi connectivity index (χ2n) is 5.26. The van der Waals surface area contributed by atoms with Crippen LogP contribution in [0.1, 0.15) is 12.0 Å². The normalized spacial score (nSPS) is 15.8. The van der Waals surface area contributed by atoms with Gasteiger partial charge in [0, 0.05) is 32.7 Å². The Hall–Kier alpha value is -1.95. The Balaban J connectivity index is 1.74. The maximum absolute atomic E-state index is 12.8. The van der Waals surface area contributed by atoms with Crippen molar-refractivity contribution in [2.75, 3.05) is 33.2 Å². The number of benzene rings is 1. The maximum Gasteiger partial charge on any atom is 0.232 e. The van der Waals surface area contributed by atoms with Gasteiger partial charge in [-0.3, -0.25) is 9.59 Å². The number of hydrogen-bond donors (Lipinski definition) is 1. The number of carbonyl (C=O) groups is 2. The second kappa shape index (κ2) is 7.17. The average Bonchev–Trinajstić information content (AvgIpc) is 2.47. The highest BCUT2D eigenvalue weighted by atomic mass is 19.1. The SMILES string of the molecule is CN1CCN(C(=O)CC(=O)NCc2ccc(F)cc2)CC1. The first kappa shape index (κ1) is 15.4. The van der Waals surface area contributed by atoms with Gasteiger partial charge in [0.2, 0.25) is 11.8 Å². The van der Waals surface area contributed by atoms with Crippen LogP contribution < -0.4 is 5.32 Å². The summed E-state index contributed by atoms with van der Waals surface area (Å²) in [4.78, 5) is 27.6. The molecule has 0 unspecified atom stereocenters. The summed E-state index contributed by atoms with van der Waals surface area (Å²) >= 11 is 0. The van der Waals surface area contributed by atoms with E-state index >= 15 is 0 Å². The third-order valence-electron chi connectivity index (χ3n) is 3.57. The molecule has 1 aromatic carbocycles. The smallest absolute Gasteiger partial charge is 0.232 e. The predicted octanol–water partition coefficient (Wildman–Crippen LogP) is 0.606. The van der Waals surface area contributed by atoms with Crippen LogP contribution in [0.2, 0.25) is 0 Å². The van der Waals surface area contributed by atoms with Gasteiger partial charge in [-0.25, -0.2) is 4.39 Å². The van der Waals surface area contributed by atoms with Crippen molar-refractivity contribution in [3.05, 3.63) is 35.6 Å². The van der Waals surface area contributed by atoms with Gasteiger partial charge in [0.05, 0.1) is 0 Å². The quantitative estimate of drug-likeness (QED) is 0.828. The molecule has 1 fully saturated rings. The fourth-order valence-electron chi connectivity index (χ4n) is 2.17. The van der Waals surface area contributed by atoms with Crippen LogP contribution in [0.15, 0.2) is 24.3 Å². The molecule has 0 aromatic heterocycles. The topological polar surface area (TPSA) is 52.7 Å². The predicted molar refractivity (Wildman–Crippen MR) is 76.9 cm³/mol. The Bertz CT molecular complexity index is 496. The molecule has 114 valence electrons. The number of rotatable bonds is 4. The Labute approximate surface area is 123 Å². The van der Waals surface area contributed by atoms with Crippen molar-refractivity contribution in [1.82, 2.24) is 15.1 Å². The van der Waals surface area contributed by atoms with Crippen LogP contribution in [0.5, 0.6) is 0 Å². The summed E-state index contributed by atoms with van der Waals surface area (Å²) in [6.45, 7) is 3.31. The summed E-state index contributed by atoms with van der Waals surface area (Å²) in [6, 6.07) is 5.91. The van der Waals surface area contributed by atoms with Crippen LogP contribution >= 0.6 is 0 Å². The van der Waals surface area contributed by atoms with Crippen LogP contribution in [0.25, 0.3) is 0 Å². The summed E-state index contributed by atoms with van der Waals surface area (Å²) in [5.41, 5.74) is 0.803. The fourth-order valence-corrected chi connectivity index (χ4v) is 2.17. The molecule has 2 rings (SSSR count). The van der Waals surface area contributed by atoms with Crippen LogP contribution in [-0.2, 0) is 16.1 Å². The Morgan fingerprint density at radius 2 is 1.76 bits per heavy atom. The average molecular weight is 293 g/mol. The van der Waals surface area contributed by atoms with Gasteiger partial charge in [0.15, 0.2) is 0 Å². The number of carbonyl (C=O) groups excluding carboxylic acids is 2. The minimum atomic E-state index is -0.310. The first-order valence-corrected chi connectivity index (χ1v) is 7.02. The maximum atomic E-state index is 12.8. The number of hydrogen-bond acceptors (Lipinski definition) is 3. The standard InChI is InChI=1S/C15H20FN3O2/c1-18-6-8-19(9-7-18)15(21)10-14(20)17-11-12-2-4-13(16)5-3-12/h2-5H,6-11H2,1H3,(H,17,20). The number of piperazine rings is 1. The molecule has 5 nitrogen and oxygen atoms in total. The minimum absolute atomic E-state index is 0.134. The molecule has 1 aliphatic heterocycles. The van der Waals surface area contributed by atoms with Crippen molar-refractivity contribution in [3.63, 3.8) is 0 Å². The monoisotopic (exact) mass is 293 g/mol. The van der Waals surface area contributed by atoms with E-state index in [-0.39, 0.29) is 24.1 Å². The van der Waals surface area contributed by atoms with E-state index in [1.54, 1.807) is 17.0 Å². The molecular formula is C15H20FN3O2. The van der Waals surface area contributed by atoms with Crippen molar-refractivity contribution >= 4 is 11.8 Å². The van der Waals surface area contributed by atoms with E-state index in [1.165, 1.54) is 12.1 Å². The Morgan fingerprint density at radius 1 is 1.14 bits per heavy atom. The van der Waals surface area contributed by atoms with Crippen LogP contribution in [-0.4, -0.2) is 54.8 Å². The van der Waals surface area contributed by atoms with Gasteiger partial charge in [0.25, 0.3) is 0 Å². The molecule has 2 amide bonds. The summed E-state index contributed by atoms with van der Waals surface area (Å²) in [5, 5.41) is 2.68. The molecule has 1 heterocycles. The van der Waals surface area contributed by atoms with Crippen molar-refractivity contribution in [1.29, 1.82) is 0 Å². The lowest BCUT2D eigenvalue weighted by Gasteiger charge is -2.32. The van der Waals surface area contributed by atoms with E-state index in [2.05, 4.69) is 10.2 Å². The number of halogens is 1. The van der Waals surface area contributed by atoms with Gasteiger partial charge in [-0.05, 0) is 24.7 Å². The van der Waals surface area contributed by atoms with E-state index in [4.69, 9.17) is 0 Å². The highest BCUT2D eigenvalue weighted by Crippen LogP contribution is 2.04. The zero-order valence-electron chi connectivity index (χ0n) is 12.1. The first-order chi connectivity index (χ1) is 10.0. The fraction of sp³-hybridized carbons (Fsp3) is 0.467. The molecule has 0 bridgehead atoms. The zero-order valence-corrected chi connectivity index (χ0v) is 12.1. The first-order valence-electron chi connectivity index (χ1n) is 7.02. The van der Waals surface area contributed by atoms with Crippen LogP contribution in [0.3, 0.4) is 0 Å². The van der Waals surface area contributed by atoms with Gasteiger partial charge in [-0.2, -0.15) is 0 Å². The third kappa shape index (κ3) is 4.82. The molecule has 1 N–H and O–H groups in total. The molecule has 1 aliphatic rings. The zero-order chi connectivity index (χ0) is 15.2. The van der Waals surface area contributed by atoms with Gasteiger partial charge in [-0.1, -0.05) is 12.1 Å². The van der Waals surface area contributed by atoms with Crippen molar-refractivity contribution < 1.29 is 14.0 Å². The van der Waals surface area contributed by atoms with Gasteiger partial charge in [-0.15, -0.1) is 0 Å². The Kier molecular flexibility index (Phi) is 5.27. The highest BCUT2D eigenvalue weighted by molar-refractivity contribution is 5.96. The molecule has 1 saturated heterocycles. The lowest BCUT2D eigenvalue weighted by Crippen LogP contribution is -2.48. The molecular weight excluding hydrogens is 273 g/mol. The summed E-state index contributed by atoms with van der Waals surface area (Å²) in [6.07, 6.45) is -0.134. The third-order valence-corrected chi connectivity index (χ3v) is 3.57. The van der Waals surface area contributed by atoms with Gasteiger partial charge < -0.3 is 15.1 Å². The van der Waals surface area contributed by atoms with E-state index in [0.717, 1.165) is 18.7 Å². The molecule has 1 aromatic rings. The number of nitrogens with zero attached hydrogens (tertiary/aromatic N) is 2. The number of amides is 2. The van der Waals surface area contributed by atoms with E-state index in [9.17, 15) is 14.0 Å². The molecule has 0 radical (unpaired) electrons. The summed E-state index contributed by atoms with van der Waals surface area (Å²) in [7, 11) is 2.01. The number of likely N-dealkylation sites (N-methyl/N-ethyl adjacent to an activating group) is 1. The van der Waals surface area contributed by atoms with E-state index in [0.29, 0.717) is 19.6 Å². The lowest BCUT2D eigenvalue weighted by atomic mass is 10.2.